The van der Waals surface area contributed by atoms with Crippen LogP contribution in [0.3, 0.4) is 0 Å². The molecule has 4 rings (SSSR count). The van der Waals surface area contributed by atoms with Crippen LogP contribution in [0.1, 0.15) is 63.4 Å². The second kappa shape index (κ2) is 9.20. The Morgan fingerprint density at radius 3 is 2.70 bits per heavy atom. The zero-order valence-electron chi connectivity index (χ0n) is 17.5. The van der Waals surface area contributed by atoms with Gasteiger partial charge in [0, 0.05) is 24.5 Å². The fraction of sp³-hybridized carbons (Fsp3) is 0.583. The number of carbonyl (C=O) groups excluding carboxylic acids is 1. The zero-order chi connectivity index (χ0) is 21.0. The second-order valence-corrected chi connectivity index (χ2v) is 8.96. The number of carbonyl (C=O) groups is 1. The van der Waals surface area contributed by atoms with Crippen LogP contribution in [0.2, 0.25) is 0 Å². The van der Waals surface area contributed by atoms with Gasteiger partial charge >= 0.3 is 0 Å². The first-order valence-electron chi connectivity index (χ1n) is 11.2. The third-order valence-corrected chi connectivity index (χ3v) is 6.61. The SMILES string of the molecule is N#Cc1cccc2c1c(NC(=O)CCC1CCCCCC1)cn2CCC1(O)COC1. The first kappa shape index (κ1) is 20.9. The predicted molar refractivity (Wildman–Crippen MR) is 116 cm³/mol. The topological polar surface area (TPSA) is 87.3 Å². The van der Waals surface area contributed by atoms with Crippen LogP contribution < -0.4 is 5.32 Å². The lowest BCUT2D eigenvalue weighted by Crippen LogP contribution is -2.50. The third-order valence-electron chi connectivity index (χ3n) is 6.61. The number of aliphatic hydroxyl groups is 1. The highest BCUT2D eigenvalue weighted by molar-refractivity contribution is 6.04. The number of nitrogens with zero attached hydrogens (tertiary/aromatic N) is 2. The van der Waals surface area contributed by atoms with E-state index in [1.165, 1.54) is 38.5 Å². The fourth-order valence-corrected chi connectivity index (χ4v) is 4.74. The van der Waals surface area contributed by atoms with E-state index in [4.69, 9.17) is 4.74 Å². The van der Waals surface area contributed by atoms with Gasteiger partial charge in [0.05, 0.1) is 36.1 Å². The Labute approximate surface area is 177 Å². The van der Waals surface area contributed by atoms with Crippen molar-refractivity contribution in [1.29, 1.82) is 5.26 Å². The molecule has 1 saturated carbocycles. The van der Waals surface area contributed by atoms with Gasteiger partial charge in [0.1, 0.15) is 5.60 Å². The Balaban J connectivity index is 1.48. The van der Waals surface area contributed by atoms with Crippen molar-refractivity contribution in [3.8, 4) is 6.07 Å². The smallest absolute Gasteiger partial charge is 0.224 e. The Hall–Kier alpha value is -2.36. The maximum Gasteiger partial charge on any atom is 0.224 e. The van der Waals surface area contributed by atoms with Gasteiger partial charge in [-0.3, -0.25) is 4.79 Å². The lowest BCUT2D eigenvalue weighted by Gasteiger charge is -2.36. The van der Waals surface area contributed by atoms with Gasteiger partial charge in [-0.25, -0.2) is 0 Å². The molecule has 2 aliphatic rings. The summed E-state index contributed by atoms with van der Waals surface area (Å²) >= 11 is 0. The molecule has 6 heteroatoms. The molecule has 160 valence electrons. The molecule has 30 heavy (non-hydrogen) atoms. The van der Waals surface area contributed by atoms with Crippen molar-refractivity contribution in [2.45, 2.75) is 69.9 Å². The molecule has 1 saturated heterocycles. The standard InChI is InChI=1S/C24H31N3O3/c25-14-19-8-5-9-21-23(19)20(15-27(21)13-12-24(29)16-30-17-24)26-22(28)11-10-18-6-3-1-2-4-7-18/h5,8-9,15,18,29H,1-4,6-7,10-13,16-17H2,(H,26,28). The van der Waals surface area contributed by atoms with Crippen LogP contribution in [0.25, 0.3) is 10.9 Å². The molecule has 1 aromatic heterocycles. The van der Waals surface area contributed by atoms with Crippen molar-refractivity contribution >= 4 is 22.5 Å². The van der Waals surface area contributed by atoms with Crippen molar-refractivity contribution in [3.05, 3.63) is 30.0 Å². The minimum Gasteiger partial charge on any atom is -0.385 e. The number of anilines is 1. The highest BCUT2D eigenvalue weighted by Gasteiger charge is 2.35. The van der Waals surface area contributed by atoms with Gasteiger partial charge in [0.25, 0.3) is 0 Å². The summed E-state index contributed by atoms with van der Waals surface area (Å²) in [5.41, 5.74) is 1.36. The summed E-state index contributed by atoms with van der Waals surface area (Å²) in [4.78, 5) is 12.7. The summed E-state index contributed by atoms with van der Waals surface area (Å²) in [5, 5.41) is 23.8. The number of ether oxygens (including phenoxy) is 1. The van der Waals surface area contributed by atoms with E-state index in [1.807, 2.05) is 22.9 Å². The average Bonchev–Trinajstić information content (AvgIpc) is 2.90. The van der Waals surface area contributed by atoms with Crippen molar-refractivity contribution in [1.82, 2.24) is 4.57 Å². The molecule has 2 fully saturated rings. The lowest BCUT2D eigenvalue weighted by molar-refractivity contribution is -0.182. The molecule has 1 aliphatic heterocycles. The Morgan fingerprint density at radius 1 is 1.27 bits per heavy atom. The number of fused-ring (bicyclic) bond motifs is 1. The number of hydrogen-bond donors (Lipinski definition) is 2. The molecule has 0 bridgehead atoms. The molecule has 2 heterocycles. The van der Waals surface area contributed by atoms with E-state index >= 15 is 0 Å². The number of hydrogen-bond acceptors (Lipinski definition) is 4. The normalized spacial score (nSPS) is 19.1. The largest absolute Gasteiger partial charge is 0.385 e. The van der Waals surface area contributed by atoms with Crippen LogP contribution in [-0.4, -0.2) is 34.4 Å². The number of amides is 1. The summed E-state index contributed by atoms with van der Waals surface area (Å²) in [5.74, 6) is 0.664. The predicted octanol–water partition coefficient (Wildman–Crippen LogP) is 4.35. The fourth-order valence-electron chi connectivity index (χ4n) is 4.74. The molecular weight excluding hydrogens is 378 g/mol. The maximum atomic E-state index is 12.7. The molecule has 0 radical (unpaired) electrons. The third kappa shape index (κ3) is 4.69. The molecule has 0 spiro atoms. The van der Waals surface area contributed by atoms with Crippen LogP contribution in [0.4, 0.5) is 5.69 Å². The highest BCUT2D eigenvalue weighted by atomic mass is 16.5. The monoisotopic (exact) mass is 409 g/mol. The molecule has 2 N–H and O–H groups in total. The van der Waals surface area contributed by atoms with Gasteiger partial charge in [0.2, 0.25) is 5.91 Å². The number of rotatable bonds is 7. The summed E-state index contributed by atoms with van der Waals surface area (Å²) in [6, 6.07) is 7.84. The number of aryl methyl sites for hydroxylation is 1. The Bertz CT molecular complexity index is 931. The van der Waals surface area contributed by atoms with Crippen molar-refractivity contribution < 1.29 is 14.6 Å². The van der Waals surface area contributed by atoms with E-state index in [-0.39, 0.29) is 5.91 Å². The van der Waals surface area contributed by atoms with E-state index in [0.29, 0.717) is 49.8 Å². The van der Waals surface area contributed by atoms with Gasteiger partial charge < -0.3 is 19.7 Å². The van der Waals surface area contributed by atoms with E-state index in [9.17, 15) is 15.2 Å². The molecule has 1 amide bonds. The zero-order valence-corrected chi connectivity index (χ0v) is 17.5. The van der Waals surface area contributed by atoms with Crippen LogP contribution in [0, 0.1) is 17.2 Å². The molecular formula is C24H31N3O3. The summed E-state index contributed by atoms with van der Waals surface area (Å²) in [6.45, 7) is 1.32. The summed E-state index contributed by atoms with van der Waals surface area (Å²) in [7, 11) is 0. The maximum absolute atomic E-state index is 12.7. The lowest BCUT2D eigenvalue weighted by atomic mass is 9.95. The van der Waals surface area contributed by atoms with Crippen LogP contribution in [0.5, 0.6) is 0 Å². The second-order valence-electron chi connectivity index (χ2n) is 8.96. The highest BCUT2D eigenvalue weighted by Crippen LogP contribution is 2.32. The van der Waals surface area contributed by atoms with E-state index < -0.39 is 5.60 Å². The van der Waals surface area contributed by atoms with E-state index in [0.717, 1.165) is 17.3 Å². The molecule has 0 unspecified atom stereocenters. The number of nitrogens with one attached hydrogen (secondary N) is 1. The van der Waals surface area contributed by atoms with Gasteiger partial charge in [-0.05, 0) is 30.9 Å². The number of aromatic nitrogens is 1. The van der Waals surface area contributed by atoms with Crippen molar-refractivity contribution in [2.75, 3.05) is 18.5 Å². The van der Waals surface area contributed by atoms with E-state index in [2.05, 4.69) is 11.4 Å². The van der Waals surface area contributed by atoms with Crippen molar-refractivity contribution in [2.24, 2.45) is 5.92 Å². The van der Waals surface area contributed by atoms with Crippen LogP contribution in [-0.2, 0) is 16.1 Å². The van der Waals surface area contributed by atoms with Crippen LogP contribution >= 0.6 is 0 Å². The van der Waals surface area contributed by atoms with Gasteiger partial charge in [-0.1, -0.05) is 44.6 Å². The molecule has 0 atom stereocenters. The van der Waals surface area contributed by atoms with E-state index in [1.54, 1.807) is 6.07 Å². The average molecular weight is 410 g/mol. The molecule has 2 aromatic rings. The molecule has 1 aromatic carbocycles. The van der Waals surface area contributed by atoms with Gasteiger partial charge in [-0.15, -0.1) is 0 Å². The van der Waals surface area contributed by atoms with Gasteiger partial charge in [0.15, 0.2) is 0 Å². The quantitative estimate of drug-likeness (QED) is 0.666. The van der Waals surface area contributed by atoms with Crippen molar-refractivity contribution in [3.63, 3.8) is 0 Å². The number of nitriles is 1. The minimum absolute atomic E-state index is 0.0112. The van der Waals surface area contributed by atoms with Gasteiger partial charge in [-0.2, -0.15) is 5.26 Å². The first-order valence-corrected chi connectivity index (χ1v) is 11.2. The first-order chi connectivity index (χ1) is 14.6. The van der Waals surface area contributed by atoms with Crippen LogP contribution in [0.15, 0.2) is 24.4 Å². The summed E-state index contributed by atoms with van der Waals surface area (Å²) in [6.07, 6.45) is 11.6. The Kier molecular flexibility index (Phi) is 6.40. The number of benzene rings is 1. The molecule has 1 aliphatic carbocycles. The Morgan fingerprint density at radius 2 is 2.03 bits per heavy atom. The molecule has 6 nitrogen and oxygen atoms in total. The summed E-state index contributed by atoms with van der Waals surface area (Å²) < 4.78 is 7.15. The minimum atomic E-state index is -0.772.